The molecule has 1 aliphatic rings. The fourth-order valence-corrected chi connectivity index (χ4v) is 3.27. The second kappa shape index (κ2) is 8.09. The lowest BCUT2D eigenvalue weighted by molar-refractivity contribution is -0.139. The Morgan fingerprint density at radius 1 is 1.26 bits per heavy atom. The quantitative estimate of drug-likeness (QED) is 0.771. The minimum atomic E-state index is -1.04. The summed E-state index contributed by atoms with van der Waals surface area (Å²) >= 11 is 1.26. The number of aliphatic imine (C=N–C) groups is 1. The summed E-state index contributed by atoms with van der Waals surface area (Å²) < 4.78 is 5.16. The third-order valence-corrected chi connectivity index (χ3v) is 4.88. The summed E-state index contributed by atoms with van der Waals surface area (Å²) in [6, 6.07) is 12.8. The number of aryl methyl sites for hydroxylation is 1. The Hall–Kier alpha value is -3.06. The van der Waals surface area contributed by atoms with Crippen molar-refractivity contribution in [3.05, 3.63) is 64.1 Å². The Labute approximate surface area is 161 Å². The highest BCUT2D eigenvalue weighted by molar-refractivity contribution is 8.18. The zero-order valence-electron chi connectivity index (χ0n) is 14.9. The molecule has 7 heteroatoms. The molecule has 0 radical (unpaired) electrons. The van der Waals surface area contributed by atoms with Crippen LogP contribution in [0, 0.1) is 13.8 Å². The predicted octanol–water partition coefficient (Wildman–Crippen LogP) is 3.66. The maximum absolute atomic E-state index is 12.2. The molecule has 0 spiro atoms. The van der Waals surface area contributed by atoms with Gasteiger partial charge in [0, 0.05) is 0 Å². The first-order chi connectivity index (χ1) is 12.9. The zero-order chi connectivity index (χ0) is 19.4. The van der Waals surface area contributed by atoms with Crippen LogP contribution >= 0.6 is 11.8 Å². The van der Waals surface area contributed by atoms with Gasteiger partial charge in [-0.1, -0.05) is 24.3 Å². The molecule has 0 unspecified atom stereocenters. The topological polar surface area (TPSA) is 88.0 Å². The number of nitrogens with zero attached hydrogens (tertiary/aromatic N) is 1. The first kappa shape index (κ1) is 18.7. The predicted molar refractivity (Wildman–Crippen MR) is 106 cm³/mol. The molecular formula is C20H18N2O4S. The first-order valence-electron chi connectivity index (χ1n) is 8.23. The normalized spacial score (nSPS) is 16.6. The summed E-state index contributed by atoms with van der Waals surface area (Å²) in [5.41, 5.74) is 3.77. The molecule has 6 nitrogen and oxygen atoms in total. The SMILES string of the molecule is Cc1cccc(N=C2NC(=O)/C(=C\c3cccc(OCC(=O)O)c3)S2)c1C. The lowest BCUT2D eigenvalue weighted by atomic mass is 10.1. The maximum atomic E-state index is 12.2. The van der Waals surface area contributed by atoms with Crippen LogP contribution in [0.3, 0.4) is 0 Å². The first-order valence-corrected chi connectivity index (χ1v) is 9.04. The number of benzene rings is 2. The van der Waals surface area contributed by atoms with E-state index in [4.69, 9.17) is 9.84 Å². The van der Waals surface area contributed by atoms with Crippen molar-refractivity contribution in [1.82, 2.24) is 5.32 Å². The number of thioether (sulfide) groups is 1. The van der Waals surface area contributed by atoms with E-state index in [0.717, 1.165) is 22.4 Å². The van der Waals surface area contributed by atoms with Crippen molar-refractivity contribution in [3.63, 3.8) is 0 Å². The second-order valence-electron chi connectivity index (χ2n) is 5.96. The molecular weight excluding hydrogens is 364 g/mol. The number of carboxylic acids is 1. The van der Waals surface area contributed by atoms with Crippen molar-refractivity contribution in [1.29, 1.82) is 0 Å². The van der Waals surface area contributed by atoms with Crippen molar-refractivity contribution in [2.75, 3.05) is 6.61 Å². The molecule has 1 amide bonds. The molecule has 0 bridgehead atoms. The van der Waals surface area contributed by atoms with Gasteiger partial charge in [0.1, 0.15) is 5.75 Å². The number of carbonyl (C=O) groups is 2. The number of rotatable bonds is 5. The largest absolute Gasteiger partial charge is 0.482 e. The number of hydrogen-bond donors (Lipinski definition) is 2. The molecule has 1 aliphatic heterocycles. The fraction of sp³-hybridized carbons (Fsp3) is 0.150. The zero-order valence-corrected chi connectivity index (χ0v) is 15.7. The van der Waals surface area contributed by atoms with Gasteiger partial charge in [0.15, 0.2) is 11.8 Å². The van der Waals surface area contributed by atoms with Gasteiger partial charge in [0.2, 0.25) is 0 Å². The van der Waals surface area contributed by atoms with Gasteiger partial charge < -0.3 is 15.2 Å². The lowest BCUT2D eigenvalue weighted by Crippen LogP contribution is -2.19. The van der Waals surface area contributed by atoms with Gasteiger partial charge in [-0.2, -0.15) is 0 Å². The van der Waals surface area contributed by atoms with E-state index in [1.165, 1.54) is 11.8 Å². The summed E-state index contributed by atoms with van der Waals surface area (Å²) in [7, 11) is 0. The second-order valence-corrected chi connectivity index (χ2v) is 6.99. The molecule has 1 heterocycles. The molecule has 1 fully saturated rings. The van der Waals surface area contributed by atoms with Gasteiger partial charge >= 0.3 is 5.97 Å². The minimum absolute atomic E-state index is 0.221. The third kappa shape index (κ3) is 4.77. The number of amides is 1. The molecule has 138 valence electrons. The number of carbonyl (C=O) groups excluding carboxylic acids is 1. The molecule has 0 saturated carbocycles. The molecule has 1 saturated heterocycles. The van der Waals surface area contributed by atoms with Gasteiger partial charge in [-0.3, -0.25) is 4.79 Å². The smallest absolute Gasteiger partial charge is 0.341 e. The van der Waals surface area contributed by atoms with E-state index in [9.17, 15) is 9.59 Å². The minimum Gasteiger partial charge on any atom is -0.482 e. The molecule has 3 rings (SSSR count). The summed E-state index contributed by atoms with van der Waals surface area (Å²) in [6.45, 7) is 3.60. The van der Waals surface area contributed by atoms with E-state index in [-0.39, 0.29) is 5.91 Å². The average molecular weight is 382 g/mol. The van der Waals surface area contributed by atoms with Crippen LogP contribution in [0.2, 0.25) is 0 Å². The molecule has 0 aliphatic carbocycles. The summed E-state index contributed by atoms with van der Waals surface area (Å²) in [5, 5.41) is 12.0. The average Bonchev–Trinajstić information content (AvgIpc) is 2.97. The summed E-state index contributed by atoms with van der Waals surface area (Å²) in [6.07, 6.45) is 1.72. The van der Waals surface area contributed by atoms with E-state index < -0.39 is 12.6 Å². The Balaban J connectivity index is 1.79. The van der Waals surface area contributed by atoms with Crippen LogP contribution in [0.15, 0.2) is 52.4 Å². The molecule has 27 heavy (non-hydrogen) atoms. The van der Waals surface area contributed by atoms with Crippen molar-refractivity contribution < 1.29 is 19.4 Å². The number of aliphatic carboxylic acids is 1. The van der Waals surface area contributed by atoms with E-state index in [0.29, 0.717) is 15.8 Å². The highest BCUT2D eigenvalue weighted by Gasteiger charge is 2.24. The van der Waals surface area contributed by atoms with Crippen LogP contribution in [0.25, 0.3) is 6.08 Å². The molecule has 0 aromatic heterocycles. The number of carboxylic acid groups (broad SMARTS) is 1. The van der Waals surface area contributed by atoms with Gasteiger partial charge in [0.25, 0.3) is 5.91 Å². The van der Waals surface area contributed by atoms with Crippen LogP contribution < -0.4 is 10.1 Å². The van der Waals surface area contributed by atoms with Crippen molar-refractivity contribution in [2.24, 2.45) is 4.99 Å². The molecule has 2 N–H and O–H groups in total. The van der Waals surface area contributed by atoms with Crippen LogP contribution in [0.5, 0.6) is 5.75 Å². The van der Waals surface area contributed by atoms with Crippen LogP contribution in [-0.2, 0) is 9.59 Å². The van der Waals surface area contributed by atoms with Crippen LogP contribution in [-0.4, -0.2) is 28.8 Å². The van der Waals surface area contributed by atoms with Crippen LogP contribution in [0.1, 0.15) is 16.7 Å². The molecule has 2 aromatic rings. The molecule has 0 atom stereocenters. The Morgan fingerprint density at radius 2 is 2.04 bits per heavy atom. The Morgan fingerprint density at radius 3 is 2.81 bits per heavy atom. The number of nitrogens with one attached hydrogen (secondary N) is 1. The number of hydrogen-bond acceptors (Lipinski definition) is 5. The van der Waals surface area contributed by atoms with Gasteiger partial charge in [-0.15, -0.1) is 0 Å². The van der Waals surface area contributed by atoms with Gasteiger partial charge in [-0.25, -0.2) is 9.79 Å². The standard InChI is InChI=1S/C20H18N2O4S/c1-12-5-3-8-16(13(12)2)21-20-22-19(25)17(27-20)10-14-6-4-7-15(9-14)26-11-18(23)24/h3-10H,11H2,1-2H3,(H,23,24)(H,21,22,25)/b17-10+. The monoisotopic (exact) mass is 382 g/mol. The summed E-state index contributed by atoms with van der Waals surface area (Å²) in [4.78, 5) is 27.9. The van der Waals surface area contributed by atoms with E-state index in [2.05, 4.69) is 10.3 Å². The van der Waals surface area contributed by atoms with E-state index in [1.54, 1.807) is 24.3 Å². The highest BCUT2D eigenvalue weighted by atomic mass is 32.2. The number of ether oxygens (including phenoxy) is 1. The van der Waals surface area contributed by atoms with Crippen molar-refractivity contribution in [2.45, 2.75) is 13.8 Å². The number of amidine groups is 1. The van der Waals surface area contributed by atoms with Crippen molar-refractivity contribution in [3.8, 4) is 5.75 Å². The van der Waals surface area contributed by atoms with Gasteiger partial charge in [-0.05, 0) is 66.6 Å². The van der Waals surface area contributed by atoms with E-state index >= 15 is 0 Å². The Bertz CT molecular complexity index is 966. The maximum Gasteiger partial charge on any atom is 0.341 e. The Kier molecular flexibility index (Phi) is 5.61. The lowest BCUT2D eigenvalue weighted by Gasteiger charge is -2.04. The fourth-order valence-electron chi connectivity index (χ4n) is 2.44. The van der Waals surface area contributed by atoms with Crippen molar-refractivity contribution >= 4 is 40.6 Å². The third-order valence-electron chi connectivity index (χ3n) is 3.97. The van der Waals surface area contributed by atoms with E-state index in [1.807, 2.05) is 38.1 Å². The van der Waals surface area contributed by atoms with Gasteiger partial charge in [0.05, 0.1) is 10.6 Å². The molecule has 2 aromatic carbocycles. The van der Waals surface area contributed by atoms with Crippen LogP contribution in [0.4, 0.5) is 5.69 Å². The summed E-state index contributed by atoms with van der Waals surface area (Å²) in [5.74, 6) is -0.836. The highest BCUT2D eigenvalue weighted by Crippen LogP contribution is 2.30.